The van der Waals surface area contributed by atoms with Crippen LogP contribution in [0.4, 0.5) is 11.6 Å². The van der Waals surface area contributed by atoms with Crippen LogP contribution in [-0.4, -0.2) is 53.9 Å². The quantitative estimate of drug-likeness (QED) is 0.312. The summed E-state index contributed by atoms with van der Waals surface area (Å²) < 4.78 is 98.5. The maximum Gasteiger partial charge on any atom is 1.00 e. The normalized spacial score (nSPS) is 11.4. The molecule has 0 unspecified atom stereocenters. The SMILES string of the molecule is O=S(=O)([O-])c1cccc(Nc2nc(S(=O)(=O)[O-])nc(S(=O)(=O)[O-])n2)c1.[Na+].[Na+].[Na+]. The zero-order valence-corrected chi connectivity index (χ0v) is 23.0. The first-order valence-corrected chi connectivity index (χ1v) is 10.0. The molecule has 0 fully saturated rings. The van der Waals surface area contributed by atoms with Crippen LogP contribution in [0.2, 0.25) is 0 Å². The van der Waals surface area contributed by atoms with Crippen molar-refractivity contribution >= 4 is 42.0 Å². The van der Waals surface area contributed by atoms with Crippen LogP contribution in [0.25, 0.3) is 0 Å². The molecule has 2 rings (SSSR count). The Morgan fingerprint density at radius 1 is 0.714 bits per heavy atom. The zero-order valence-electron chi connectivity index (χ0n) is 14.6. The Labute approximate surface area is 226 Å². The Balaban J connectivity index is 0. The van der Waals surface area contributed by atoms with E-state index < -0.39 is 51.5 Å². The van der Waals surface area contributed by atoms with E-state index >= 15 is 0 Å². The second-order valence-corrected chi connectivity index (χ2v) is 8.17. The molecule has 19 heteroatoms. The number of rotatable bonds is 5. The van der Waals surface area contributed by atoms with Crippen LogP contribution < -0.4 is 94.0 Å². The van der Waals surface area contributed by atoms with Crippen LogP contribution >= 0.6 is 0 Å². The van der Waals surface area contributed by atoms with Gasteiger partial charge in [-0.1, -0.05) is 6.07 Å². The van der Waals surface area contributed by atoms with Gasteiger partial charge in [0.25, 0.3) is 0 Å². The van der Waals surface area contributed by atoms with Gasteiger partial charge in [-0.3, -0.25) is 0 Å². The molecule has 1 aromatic carbocycles. The van der Waals surface area contributed by atoms with E-state index in [2.05, 4.69) is 20.3 Å². The fourth-order valence-electron chi connectivity index (χ4n) is 1.48. The largest absolute Gasteiger partial charge is 1.00 e. The van der Waals surface area contributed by atoms with Gasteiger partial charge in [0, 0.05) is 5.69 Å². The van der Waals surface area contributed by atoms with Gasteiger partial charge in [-0.15, -0.1) is 0 Å². The van der Waals surface area contributed by atoms with Crippen LogP contribution in [0, 0.1) is 0 Å². The Morgan fingerprint density at radius 3 is 1.57 bits per heavy atom. The van der Waals surface area contributed by atoms with Crippen molar-refractivity contribution in [2.24, 2.45) is 0 Å². The molecule has 1 aromatic heterocycles. The van der Waals surface area contributed by atoms with E-state index in [0.29, 0.717) is 0 Å². The number of anilines is 2. The van der Waals surface area contributed by atoms with Crippen molar-refractivity contribution in [3.05, 3.63) is 24.3 Å². The molecular weight excluding hydrogens is 473 g/mol. The fraction of sp³-hybridized carbons (Fsp3) is 0. The number of aromatic nitrogens is 3. The minimum Gasteiger partial charge on any atom is -0.744 e. The Hall–Kier alpha value is 0.760. The average Bonchev–Trinajstić information content (AvgIpc) is 2.44. The van der Waals surface area contributed by atoms with Gasteiger partial charge < -0.3 is 19.0 Å². The minimum absolute atomic E-state index is 0. The van der Waals surface area contributed by atoms with Gasteiger partial charge in [-0.25, -0.2) is 25.3 Å². The average molecular weight is 478 g/mol. The Bertz CT molecular complexity index is 1110. The first-order chi connectivity index (χ1) is 11.3. The standard InChI is InChI=1S/C9H8N4O9S3.3Na/c14-23(15,16)6-3-1-2-5(4-6)10-7-11-8(24(17,18)19)13-9(12-7)25(20,21)22;;;/h1-4H,(H,14,15,16)(H,17,18,19)(H,20,21,22)(H,10,11,12,13);;;/q;3*+1/p-3. The summed E-state index contributed by atoms with van der Waals surface area (Å²) in [5.41, 5.74) is -0.174. The van der Waals surface area contributed by atoms with Gasteiger partial charge in [-0.05, 0) is 18.2 Å². The van der Waals surface area contributed by atoms with E-state index in [1.807, 2.05) is 0 Å². The number of nitrogens with one attached hydrogen (secondary N) is 1. The molecule has 0 aliphatic carbocycles. The molecule has 0 saturated heterocycles. The van der Waals surface area contributed by atoms with Crippen molar-refractivity contribution in [2.75, 3.05) is 5.32 Å². The van der Waals surface area contributed by atoms with E-state index in [9.17, 15) is 38.9 Å². The number of benzene rings is 1. The summed E-state index contributed by atoms with van der Waals surface area (Å²) in [7, 11) is -15.5. The molecule has 0 aliphatic rings. The summed E-state index contributed by atoms with van der Waals surface area (Å²) in [5.74, 6) is -0.848. The molecular formula is C9H5N4Na3O9S3. The van der Waals surface area contributed by atoms with Gasteiger partial charge in [0.1, 0.15) is 10.1 Å². The summed E-state index contributed by atoms with van der Waals surface area (Å²) in [4.78, 5) is 8.38. The van der Waals surface area contributed by atoms with Crippen molar-refractivity contribution < 1.29 is 128 Å². The molecule has 0 bridgehead atoms. The molecule has 0 radical (unpaired) electrons. The van der Waals surface area contributed by atoms with Crippen molar-refractivity contribution in [2.45, 2.75) is 15.2 Å². The molecule has 28 heavy (non-hydrogen) atoms. The van der Waals surface area contributed by atoms with Crippen molar-refractivity contribution in [1.82, 2.24) is 15.0 Å². The first-order valence-electron chi connectivity index (χ1n) is 5.78. The third-order valence-corrected chi connectivity index (χ3v) is 4.51. The molecule has 136 valence electrons. The zero-order chi connectivity index (χ0) is 19.0. The van der Waals surface area contributed by atoms with Crippen molar-refractivity contribution in [3.63, 3.8) is 0 Å². The number of hydrogen-bond acceptors (Lipinski definition) is 13. The van der Waals surface area contributed by atoms with Gasteiger partial charge in [0.2, 0.25) is 16.3 Å². The molecule has 1 heterocycles. The van der Waals surface area contributed by atoms with Gasteiger partial charge in [0.05, 0.1) is 4.90 Å². The maximum atomic E-state index is 10.9. The molecule has 1 N–H and O–H groups in total. The van der Waals surface area contributed by atoms with Crippen LogP contribution in [-0.2, 0) is 30.4 Å². The second kappa shape index (κ2) is 11.4. The van der Waals surface area contributed by atoms with Gasteiger partial charge in [0.15, 0.2) is 20.2 Å². The van der Waals surface area contributed by atoms with E-state index in [1.165, 1.54) is 6.07 Å². The smallest absolute Gasteiger partial charge is 0.744 e. The number of hydrogen-bond donors (Lipinski definition) is 1. The summed E-state index contributed by atoms with van der Waals surface area (Å²) in [6, 6.07) is 4.09. The predicted octanol–water partition coefficient (Wildman–Crippen LogP) is -10.7. The monoisotopic (exact) mass is 478 g/mol. The Morgan fingerprint density at radius 2 is 1.18 bits per heavy atom. The van der Waals surface area contributed by atoms with E-state index in [4.69, 9.17) is 0 Å². The molecule has 0 spiro atoms. The summed E-state index contributed by atoms with van der Waals surface area (Å²) in [6.45, 7) is 0. The summed E-state index contributed by atoms with van der Waals surface area (Å²) in [6.07, 6.45) is 0. The molecule has 2 aromatic rings. The fourth-order valence-corrected chi connectivity index (χ4v) is 2.84. The Kier molecular flexibility index (Phi) is 12.6. The van der Waals surface area contributed by atoms with Crippen LogP contribution in [0.1, 0.15) is 0 Å². The van der Waals surface area contributed by atoms with Crippen molar-refractivity contribution in [3.8, 4) is 0 Å². The third kappa shape index (κ3) is 8.86. The third-order valence-electron chi connectivity index (χ3n) is 2.42. The molecule has 0 amide bonds. The second-order valence-electron chi connectivity index (χ2n) is 4.24. The summed E-state index contributed by atoms with van der Waals surface area (Å²) >= 11 is 0. The topological polar surface area (TPSA) is 222 Å². The van der Waals surface area contributed by atoms with Crippen LogP contribution in [0.15, 0.2) is 39.5 Å². The molecule has 0 atom stereocenters. The molecule has 0 aliphatic heterocycles. The van der Waals surface area contributed by atoms with Crippen LogP contribution in [0.3, 0.4) is 0 Å². The predicted molar refractivity (Wildman–Crippen MR) is 73.4 cm³/mol. The maximum absolute atomic E-state index is 10.9. The van der Waals surface area contributed by atoms with E-state index in [1.54, 1.807) is 0 Å². The van der Waals surface area contributed by atoms with Crippen LogP contribution in [0.5, 0.6) is 0 Å². The summed E-state index contributed by atoms with van der Waals surface area (Å²) in [5, 5.41) is -0.901. The molecule has 0 saturated carbocycles. The van der Waals surface area contributed by atoms with Gasteiger partial charge in [-0.2, -0.15) is 15.0 Å². The van der Waals surface area contributed by atoms with Crippen molar-refractivity contribution in [1.29, 1.82) is 0 Å². The first kappa shape index (κ1) is 30.9. The molecule has 13 nitrogen and oxygen atoms in total. The van der Waals surface area contributed by atoms with Gasteiger partial charge >= 0.3 is 88.7 Å². The minimum atomic E-state index is -5.33. The number of nitrogens with zero attached hydrogens (tertiary/aromatic N) is 3. The van der Waals surface area contributed by atoms with E-state index in [0.717, 1.165) is 18.2 Å². The van der Waals surface area contributed by atoms with E-state index in [-0.39, 0.29) is 94.4 Å².